The van der Waals surface area contributed by atoms with Crippen molar-refractivity contribution in [3.8, 4) is 0 Å². The van der Waals surface area contributed by atoms with Gasteiger partial charge in [-0.25, -0.2) is 4.39 Å². The molecule has 2 aromatic rings. The van der Waals surface area contributed by atoms with Crippen molar-refractivity contribution >= 4 is 27.6 Å². The van der Waals surface area contributed by atoms with Crippen LogP contribution in [-0.2, 0) is 6.54 Å². The van der Waals surface area contributed by atoms with E-state index in [9.17, 15) is 14.0 Å². The summed E-state index contributed by atoms with van der Waals surface area (Å²) in [7, 11) is 1.60. The van der Waals surface area contributed by atoms with Crippen LogP contribution < -0.4 is 0 Å². The van der Waals surface area contributed by atoms with E-state index in [0.717, 1.165) is 4.47 Å². The van der Waals surface area contributed by atoms with Gasteiger partial charge in [0.05, 0.1) is 0 Å². The first kappa shape index (κ1) is 17.4. The summed E-state index contributed by atoms with van der Waals surface area (Å²) in [4.78, 5) is 28.7. The second kappa shape index (κ2) is 6.66. The van der Waals surface area contributed by atoms with Crippen molar-refractivity contribution in [1.82, 2.24) is 9.88 Å². The normalized spacial score (nSPS) is 10.7. The monoisotopic (exact) mass is 380 g/mol. The molecule has 1 aromatic heterocycles. The minimum absolute atomic E-state index is 0.0870. The largest absolute Gasteiger partial charge is 0.354 e. The third kappa shape index (κ3) is 3.52. The molecule has 0 spiro atoms. The number of hydrogen-bond donors (Lipinski definition) is 1. The molecule has 0 fully saturated rings. The van der Waals surface area contributed by atoms with Gasteiger partial charge >= 0.3 is 0 Å². The van der Waals surface area contributed by atoms with Crippen LogP contribution in [0.4, 0.5) is 4.39 Å². The van der Waals surface area contributed by atoms with E-state index in [4.69, 9.17) is 0 Å². The number of ketones is 1. The maximum absolute atomic E-state index is 13.8. The van der Waals surface area contributed by atoms with Gasteiger partial charge in [-0.3, -0.25) is 9.59 Å². The van der Waals surface area contributed by atoms with Gasteiger partial charge < -0.3 is 9.88 Å². The van der Waals surface area contributed by atoms with E-state index >= 15 is 0 Å². The highest BCUT2D eigenvalue weighted by Gasteiger charge is 2.22. The molecule has 23 heavy (non-hydrogen) atoms. The summed E-state index contributed by atoms with van der Waals surface area (Å²) in [6.45, 7) is 5.10. The lowest BCUT2D eigenvalue weighted by atomic mass is 10.1. The molecule has 0 unspecified atom stereocenters. The second-order valence-corrected chi connectivity index (χ2v) is 6.49. The Hall–Kier alpha value is -1.95. The Morgan fingerprint density at radius 3 is 2.52 bits per heavy atom. The van der Waals surface area contributed by atoms with E-state index in [-0.39, 0.29) is 24.1 Å². The van der Waals surface area contributed by atoms with E-state index in [1.807, 2.05) is 0 Å². The number of aromatic amines is 1. The SMILES string of the molecule is CC(=O)c1c(C)[nH]c(C(=O)N(C)Cc2cc(Br)ccc2F)c1C. The first-order valence-electron chi connectivity index (χ1n) is 7.11. The molecule has 0 saturated heterocycles. The third-order valence-corrected chi connectivity index (χ3v) is 4.26. The van der Waals surface area contributed by atoms with E-state index < -0.39 is 0 Å². The standard InChI is InChI=1S/C17H18BrFN2O2/c1-9-15(11(3)22)10(2)20-16(9)17(23)21(4)8-12-7-13(18)5-6-14(12)19/h5-7,20H,8H2,1-4H3. The molecule has 1 amide bonds. The fourth-order valence-corrected chi connectivity index (χ4v) is 3.08. The van der Waals surface area contributed by atoms with Crippen molar-refractivity contribution in [2.45, 2.75) is 27.3 Å². The molecule has 0 aliphatic rings. The molecule has 2 rings (SSSR count). The molecular formula is C17H18BrFN2O2. The molecule has 0 bridgehead atoms. The summed E-state index contributed by atoms with van der Waals surface area (Å²) < 4.78 is 14.6. The number of nitrogens with one attached hydrogen (secondary N) is 1. The Balaban J connectivity index is 2.28. The van der Waals surface area contributed by atoms with Crippen molar-refractivity contribution < 1.29 is 14.0 Å². The molecule has 0 radical (unpaired) electrons. The number of Topliss-reactive ketones (excluding diaryl/α,β-unsaturated/α-hetero) is 1. The molecule has 0 aliphatic heterocycles. The number of rotatable bonds is 4. The highest BCUT2D eigenvalue weighted by Crippen LogP contribution is 2.21. The lowest BCUT2D eigenvalue weighted by Gasteiger charge is -2.17. The van der Waals surface area contributed by atoms with Crippen molar-refractivity contribution in [2.75, 3.05) is 7.05 Å². The fraction of sp³-hybridized carbons (Fsp3) is 0.294. The molecule has 122 valence electrons. The number of aryl methyl sites for hydroxylation is 1. The quantitative estimate of drug-likeness (QED) is 0.814. The van der Waals surface area contributed by atoms with Crippen LogP contribution in [0, 0.1) is 19.7 Å². The summed E-state index contributed by atoms with van der Waals surface area (Å²) >= 11 is 3.29. The number of amides is 1. The number of benzene rings is 1. The average Bonchev–Trinajstić information content (AvgIpc) is 2.77. The van der Waals surface area contributed by atoms with E-state index in [0.29, 0.717) is 28.1 Å². The number of carbonyl (C=O) groups excluding carboxylic acids is 2. The molecule has 0 aliphatic carbocycles. The first-order valence-corrected chi connectivity index (χ1v) is 7.91. The molecule has 0 saturated carbocycles. The fourth-order valence-electron chi connectivity index (χ4n) is 2.67. The summed E-state index contributed by atoms with van der Waals surface area (Å²) in [6, 6.07) is 4.61. The predicted molar refractivity (Wildman–Crippen MR) is 90.2 cm³/mol. The van der Waals surface area contributed by atoms with Gasteiger partial charge in [-0.05, 0) is 44.5 Å². The van der Waals surface area contributed by atoms with Crippen LogP contribution in [-0.4, -0.2) is 28.6 Å². The summed E-state index contributed by atoms with van der Waals surface area (Å²) in [6.07, 6.45) is 0. The number of aromatic nitrogens is 1. The molecule has 0 atom stereocenters. The van der Waals surface area contributed by atoms with Gasteiger partial charge in [-0.1, -0.05) is 15.9 Å². The van der Waals surface area contributed by atoms with Crippen molar-refractivity contribution in [2.24, 2.45) is 0 Å². The van der Waals surface area contributed by atoms with Crippen LogP contribution in [0.15, 0.2) is 22.7 Å². The Morgan fingerprint density at radius 1 is 1.30 bits per heavy atom. The summed E-state index contributed by atoms with van der Waals surface area (Å²) in [5.41, 5.74) is 2.62. The number of hydrogen-bond acceptors (Lipinski definition) is 2. The number of nitrogens with zero attached hydrogens (tertiary/aromatic N) is 1. The zero-order valence-electron chi connectivity index (χ0n) is 13.5. The van der Waals surface area contributed by atoms with E-state index in [1.54, 1.807) is 33.0 Å². The van der Waals surface area contributed by atoms with Gasteiger partial charge in [0.2, 0.25) is 0 Å². The van der Waals surface area contributed by atoms with Crippen LogP contribution in [0.2, 0.25) is 0 Å². The molecule has 1 aromatic carbocycles. The van der Waals surface area contributed by atoms with E-state index in [1.165, 1.54) is 17.9 Å². The van der Waals surface area contributed by atoms with Gasteiger partial charge in [-0.15, -0.1) is 0 Å². The minimum Gasteiger partial charge on any atom is -0.354 e. The number of halogens is 2. The molecule has 6 heteroatoms. The maximum atomic E-state index is 13.8. The smallest absolute Gasteiger partial charge is 0.270 e. The first-order chi connectivity index (χ1) is 10.7. The van der Waals surface area contributed by atoms with E-state index in [2.05, 4.69) is 20.9 Å². The van der Waals surface area contributed by atoms with Gasteiger partial charge in [-0.2, -0.15) is 0 Å². The minimum atomic E-state index is -0.364. The van der Waals surface area contributed by atoms with Gasteiger partial charge in [0.1, 0.15) is 11.5 Å². The maximum Gasteiger partial charge on any atom is 0.270 e. The van der Waals surface area contributed by atoms with Crippen LogP contribution in [0.3, 0.4) is 0 Å². The third-order valence-electron chi connectivity index (χ3n) is 3.77. The Kier molecular flexibility index (Phi) is 5.04. The van der Waals surface area contributed by atoms with Crippen LogP contribution in [0.25, 0.3) is 0 Å². The summed E-state index contributed by atoms with van der Waals surface area (Å²) in [5, 5.41) is 0. The van der Waals surface area contributed by atoms with Gasteiger partial charge in [0.25, 0.3) is 5.91 Å². The zero-order valence-corrected chi connectivity index (χ0v) is 15.0. The Labute approximate surface area is 142 Å². The van der Waals surface area contributed by atoms with Crippen molar-refractivity contribution in [3.05, 3.63) is 56.6 Å². The zero-order chi connectivity index (χ0) is 17.3. The van der Waals surface area contributed by atoms with Crippen molar-refractivity contribution in [3.63, 3.8) is 0 Å². The lowest BCUT2D eigenvalue weighted by molar-refractivity contribution is 0.0778. The topological polar surface area (TPSA) is 53.2 Å². The highest BCUT2D eigenvalue weighted by atomic mass is 79.9. The highest BCUT2D eigenvalue weighted by molar-refractivity contribution is 9.10. The summed E-state index contributed by atoms with van der Waals surface area (Å²) in [5.74, 6) is -0.731. The van der Waals surface area contributed by atoms with Crippen LogP contribution in [0.5, 0.6) is 0 Å². The van der Waals surface area contributed by atoms with Gasteiger partial charge in [0.15, 0.2) is 5.78 Å². The predicted octanol–water partition coefficient (Wildman–Crippen LogP) is 4.01. The number of carbonyl (C=O) groups is 2. The molecule has 1 heterocycles. The number of H-pyrrole nitrogens is 1. The molecular weight excluding hydrogens is 363 g/mol. The van der Waals surface area contributed by atoms with Crippen LogP contribution >= 0.6 is 15.9 Å². The van der Waals surface area contributed by atoms with Gasteiger partial charge in [0, 0.05) is 34.9 Å². The van der Waals surface area contributed by atoms with Crippen LogP contribution in [0.1, 0.15) is 44.6 Å². The Bertz CT molecular complexity index is 783. The molecule has 4 nitrogen and oxygen atoms in total. The average molecular weight is 381 g/mol. The molecule has 1 N–H and O–H groups in total. The second-order valence-electron chi connectivity index (χ2n) is 5.58. The Morgan fingerprint density at radius 2 is 1.96 bits per heavy atom. The lowest BCUT2D eigenvalue weighted by Crippen LogP contribution is -2.27. The van der Waals surface area contributed by atoms with Crippen molar-refractivity contribution in [1.29, 1.82) is 0 Å².